The molecular formula is C11H18N2OS. The fourth-order valence-corrected chi connectivity index (χ4v) is 3.38. The van der Waals surface area contributed by atoms with E-state index in [0.29, 0.717) is 12.1 Å². The highest BCUT2D eigenvalue weighted by Crippen LogP contribution is 2.24. The maximum absolute atomic E-state index is 5.19. The molecule has 2 atom stereocenters. The molecule has 0 saturated carbocycles. The van der Waals surface area contributed by atoms with Crippen LogP contribution in [0.25, 0.3) is 0 Å². The molecule has 0 amide bonds. The van der Waals surface area contributed by atoms with Gasteiger partial charge in [0.1, 0.15) is 5.76 Å². The van der Waals surface area contributed by atoms with E-state index in [-0.39, 0.29) is 0 Å². The van der Waals surface area contributed by atoms with Crippen LogP contribution in [0.4, 0.5) is 0 Å². The minimum absolute atomic E-state index is 0.347. The van der Waals surface area contributed by atoms with Crippen LogP contribution >= 0.6 is 11.8 Å². The van der Waals surface area contributed by atoms with Crippen LogP contribution in [0.1, 0.15) is 36.4 Å². The average Bonchev–Trinajstić information content (AvgIpc) is 2.77. The smallest absolute Gasteiger partial charge is 0.138 e. The summed E-state index contributed by atoms with van der Waals surface area (Å²) in [4.78, 5) is 0. The van der Waals surface area contributed by atoms with Crippen molar-refractivity contribution in [3.8, 4) is 0 Å². The van der Waals surface area contributed by atoms with Gasteiger partial charge in [0.05, 0.1) is 5.69 Å². The van der Waals surface area contributed by atoms with Crippen LogP contribution in [0.15, 0.2) is 4.52 Å². The van der Waals surface area contributed by atoms with Crippen molar-refractivity contribution < 1.29 is 4.52 Å². The van der Waals surface area contributed by atoms with E-state index in [1.54, 1.807) is 0 Å². The topological polar surface area (TPSA) is 38.1 Å². The zero-order chi connectivity index (χ0) is 10.8. The van der Waals surface area contributed by atoms with Crippen LogP contribution < -0.4 is 5.32 Å². The second-order valence-corrected chi connectivity index (χ2v) is 5.34. The summed E-state index contributed by atoms with van der Waals surface area (Å²) in [6.07, 6.45) is 1.28. The number of nitrogens with zero attached hydrogens (tertiary/aromatic N) is 1. The summed E-state index contributed by atoms with van der Waals surface area (Å²) in [6, 6.07) is 0.999. The standard InChI is InChI=1S/C11H18N2OS/c1-7(12-10-4-5-15-6-10)11-8(2)13-14-9(11)3/h7,10,12H,4-6H2,1-3H3. The number of thioether (sulfide) groups is 1. The van der Waals surface area contributed by atoms with Gasteiger partial charge < -0.3 is 9.84 Å². The summed E-state index contributed by atoms with van der Waals surface area (Å²) in [5.74, 6) is 3.46. The van der Waals surface area contributed by atoms with E-state index in [0.717, 1.165) is 11.5 Å². The SMILES string of the molecule is Cc1noc(C)c1C(C)NC1CCSC1. The van der Waals surface area contributed by atoms with Crippen molar-refractivity contribution in [1.82, 2.24) is 10.5 Å². The molecule has 0 aliphatic carbocycles. The third-order valence-corrected chi connectivity index (χ3v) is 4.10. The van der Waals surface area contributed by atoms with Crippen LogP contribution in [-0.4, -0.2) is 22.7 Å². The Morgan fingerprint density at radius 1 is 1.53 bits per heavy atom. The van der Waals surface area contributed by atoms with Gasteiger partial charge in [-0.05, 0) is 32.9 Å². The third-order valence-electron chi connectivity index (χ3n) is 2.94. The molecule has 1 N–H and O–H groups in total. The first-order valence-electron chi connectivity index (χ1n) is 5.45. The first kappa shape index (κ1) is 11.0. The van der Waals surface area contributed by atoms with Crippen LogP contribution in [0.5, 0.6) is 0 Å². The molecular weight excluding hydrogens is 208 g/mol. The summed E-state index contributed by atoms with van der Waals surface area (Å²) >= 11 is 2.03. The van der Waals surface area contributed by atoms with E-state index in [4.69, 9.17) is 4.52 Å². The second-order valence-electron chi connectivity index (χ2n) is 4.19. The molecule has 1 fully saturated rings. The van der Waals surface area contributed by atoms with Gasteiger partial charge in [0.2, 0.25) is 0 Å². The van der Waals surface area contributed by atoms with Crippen LogP contribution in [-0.2, 0) is 0 Å². The molecule has 2 heterocycles. The lowest BCUT2D eigenvalue weighted by Gasteiger charge is -2.18. The molecule has 1 aromatic rings. The molecule has 3 nitrogen and oxygen atoms in total. The summed E-state index contributed by atoms with van der Waals surface area (Å²) < 4.78 is 5.19. The van der Waals surface area contributed by atoms with Crippen molar-refractivity contribution in [2.45, 2.75) is 39.3 Å². The Kier molecular flexibility index (Phi) is 3.36. The Morgan fingerprint density at radius 3 is 2.87 bits per heavy atom. The van der Waals surface area contributed by atoms with Gasteiger partial charge in [-0.15, -0.1) is 0 Å². The maximum atomic E-state index is 5.19. The molecule has 84 valence electrons. The van der Waals surface area contributed by atoms with Gasteiger partial charge in [-0.2, -0.15) is 11.8 Å². The maximum Gasteiger partial charge on any atom is 0.138 e. The van der Waals surface area contributed by atoms with Gasteiger partial charge in [0.25, 0.3) is 0 Å². The number of hydrogen-bond donors (Lipinski definition) is 1. The van der Waals surface area contributed by atoms with E-state index in [2.05, 4.69) is 17.4 Å². The minimum Gasteiger partial charge on any atom is -0.361 e. The summed E-state index contributed by atoms with van der Waals surface area (Å²) in [5, 5.41) is 7.63. The third kappa shape index (κ3) is 2.37. The van der Waals surface area contributed by atoms with Crippen molar-refractivity contribution in [3.63, 3.8) is 0 Å². The van der Waals surface area contributed by atoms with E-state index in [1.165, 1.54) is 23.5 Å². The molecule has 1 aromatic heterocycles. The van der Waals surface area contributed by atoms with Crippen LogP contribution in [0.3, 0.4) is 0 Å². The molecule has 15 heavy (non-hydrogen) atoms. The fourth-order valence-electron chi connectivity index (χ4n) is 2.21. The van der Waals surface area contributed by atoms with E-state index < -0.39 is 0 Å². The van der Waals surface area contributed by atoms with Crippen molar-refractivity contribution >= 4 is 11.8 Å². The number of aryl methyl sites for hydroxylation is 2. The molecule has 2 rings (SSSR count). The van der Waals surface area contributed by atoms with Gasteiger partial charge in [-0.1, -0.05) is 5.16 Å². The fraction of sp³-hybridized carbons (Fsp3) is 0.727. The molecule has 4 heteroatoms. The molecule has 0 radical (unpaired) electrons. The molecule has 2 unspecified atom stereocenters. The zero-order valence-corrected chi connectivity index (χ0v) is 10.4. The number of nitrogens with one attached hydrogen (secondary N) is 1. The Bertz CT molecular complexity index is 312. The molecule has 0 bridgehead atoms. The van der Waals surface area contributed by atoms with Crippen molar-refractivity contribution in [3.05, 3.63) is 17.0 Å². The van der Waals surface area contributed by atoms with Gasteiger partial charge >= 0.3 is 0 Å². The highest BCUT2D eigenvalue weighted by Gasteiger charge is 2.21. The highest BCUT2D eigenvalue weighted by molar-refractivity contribution is 7.99. The average molecular weight is 226 g/mol. The first-order chi connectivity index (χ1) is 7.18. The normalized spacial score (nSPS) is 23.3. The molecule has 1 saturated heterocycles. The van der Waals surface area contributed by atoms with E-state index in [1.807, 2.05) is 25.6 Å². The van der Waals surface area contributed by atoms with Crippen molar-refractivity contribution in [2.75, 3.05) is 11.5 Å². The van der Waals surface area contributed by atoms with Crippen molar-refractivity contribution in [1.29, 1.82) is 0 Å². The molecule has 0 aromatic carbocycles. The Hall–Kier alpha value is -0.480. The van der Waals surface area contributed by atoms with E-state index in [9.17, 15) is 0 Å². The first-order valence-corrected chi connectivity index (χ1v) is 6.60. The number of rotatable bonds is 3. The Labute approximate surface area is 95.0 Å². The van der Waals surface area contributed by atoms with Gasteiger partial charge in [0, 0.05) is 23.4 Å². The number of hydrogen-bond acceptors (Lipinski definition) is 4. The van der Waals surface area contributed by atoms with Crippen molar-refractivity contribution in [2.24, 2.45) is 0 Å². The van der Waals surface area contributed by atoms with Gasteiger partial charge in [-0.25, -0.2) is 0 Å². The summed E-state index contributed by atoms with van der Waals surface area (Å²) in [6.45, 7) is 6.18. The lowest BCUT2D eigenvalue weighted by atomic mass is 10.1. The lowest BCUT2D eigenvalue weighted by molar-refractivity contribution is 0.389. The van der Waals surface area contributed by atoms with Crippen LogP contribution in [0.2, 0.25) is 0 Å². The molecule has 0 spiro atoms. The Balaban J connectivity index is 2.03. The van der Waals surface area contributed by atoms with E-state index >= 15 is 0 Å². The molecule has 1 aliphatic heterocycles. The predicted octanol–water partition coefficient (Wildman–Crippen LogP) is 2.45. The summed E-state index contributed by atoms with van der Waals surface area (Å²) in [5.41, 5.74) is 2.24. The second kappa shape index (κ2) is 4.58. The predicted molar refractivity (Wildman–Crippen MR) is 63.3 cm³/mol. The highest BCUT2D eigenvalue weighted by atomic mass is 32.2. The summed E-state index contributed by atoms with van der Waals surface area (Å²) in [7, 11) is 0. The van der Waals surface area contributed by atoms with Gasteiger partial charge in [-0.3, -0.25) is 0 Å². The monoisotopic (exact) mass is 226 g/mol. The largest absolute Gasteiger partial charge is 0.361 e. The van der Waals surface area contributed by atoms with Gasteiger partial charge in [0.15, 0.2) is 0 Å². The number of aromatic nitrogens is 1. The molecule has 1 aliphatic rings. The minimum atomic E-state index is 0.347. The lowest BCUT2D eigenvalue weighted by Crippen LogP contribution is -2.31. The zero-order valence-electron chi connectivity index (χ0n) is 9.54. The Morgan fingerprint density at radius 2 is 2.33 bits per heavy atom. The van der Waals surface area contributed by atoms with Crippen LogP contribution in [0, 0.1) is 13.8 Å². The quantitative estimate of drug-likeness (QED) is 0.859.